The van der Waals surface area contributed by atoms with Crippen LogP contribution in [0.15, 0.2) is 42.7 Å². The summed E-state index contributed by atoms with van der Waals surface area (Å²) in [7, 11) is 0. The second kappa shape index (κ2) is 4.65. The highest BCUT2D eigenvalue weighted by molar-refractivity contribution is 5.92. The summed E-state index contributed by atoms with van der Waals surface area (Å²) in [6, 6.07) is 8.83. The van der Waals surface area contributed by atoms with Crippen molar-refractivity contribution in [2.24, 2.45) is 0 Å². The van der Waals surface area contributed by atoms with E-state index >= 15 is 0 Å². The van der Waals surface area contributed by atoms with Gasteiger partial charge in [-0.1, -0.05) is 12.1 Å². The zero-order valence-electron chi connectivity index (χ0n) is 10.2. The quantitative estimate of drug-likeness (QED) is 0.624. The zero-order valence-corrected chi connectivity index (χ0v) is 10.2. The van der Waals surface area contributed by atoms with Crippen molar-refractivity contribution in [2.75, 3.05) is 5.32 Å². The molecule has 5 nitrogen and oxygen atoms in total. The first-order chi connectivity index (χ1) is 9.65. The molecule has 3 aromatic rings. The lowest BCUT2D eigenvalue weighted by Crippen LogP contribution is -1.97. The van der Waals surface area contributed by atoms with E-state index in [0.29, 0.717) is 16.7 Å². The summed E-state index contributed by atoms with van der Waals surface area (Å²) >= 11 is 0. The second-order valence-electron chi connectivity index (χ2n) is 4.19. The van der Waals surface area contributed by atoms with Crippen LogP contribution in [-0.4, -0.2) is 20.2 Å². The van der Waals surface area contributed by atoms with Crippen molar-refractivity contribution in [1.29, 1.82) is 0 Å². The Balaban J connectivity index is 2.12. The number of hydrogen-bond donors (Lipinski definition) is 3. The molecule has 0 unspecified atom stereocenters. The standard InChI is InChI=1S/C14H10FN3O2/c15-9-3-1-2-4-10(9)18-14-8-5-12(19)13(20)6-11(8)16-7-17-14/h1-7,19-20H,(H,16,17,18). The molecule has 0 aliphatic heterocycles. The molecule has 0 aliphatic carbocycles. The molecule has 0 aliphatic rings. The molecular weight excluding hydrogens is 261 g/mol. The minimum Gasteiger partial charge on any atom is -0.504 e. The highest BCUT2D eigenvalue weighted by Gasteiger charge is 2.10. The number of phenolic OH excluding ortho intramolecular Hbond substituents is 2. The Labute approximate surface area is 113 Å². The minimum atomic E-state index is -0.415. The van der Waals surface area contributed by atoms with Gasteiger partial charge >= 0.3 is 0 Å². The molecule has 0 bridgehead atoms. The normalized spacial score (nSPS) is 10.7. The molecule has 0 saturated heterocycles. The van der Waals surface area contributed by atoms with Gasteiger partial charge in [-0.3, -0.25) is 0 Å². The number of rotatable bonds is 2. The van der Waals surface area contributed by atoms with Gasteiger partial charge in [0.1, 0.15) is 18.0 Å². The van der Waals surface area contributed by atoms with Crippen molar-refractivity contribution in [3.8, 4) is 11.5 Å². The fourth-order valence-corrected chi connectivity index (χ4v) is 1.87. The van der Waals surface area contributed by atoms with E-state index in [1.165, 1.54) is 24.5 Å². The predicted molar refractivity (Wildman–Crippen MR) is 72.6 cm³/mol. The average Bonchev–Trinajstić information content (AvgIpc) is 2.43. The molecule has 3 rings (SSSR count). The van der Waals surface area contributed by atoms with Crippen LogP contribution in [0.3, 0.4) is 0 Å². The molecule has 0 spiro atoms. The number of hydrogen-bond acceptors (Lipinski definition) is 5. The molecule has 100 valence electrons. The maximum Gasteiger partial charge on any atom is 0.159 e. The number of para-hydroxylation sites is 1. The first-order valence-corrected chi connectivity index (χ1v) is 5.83. The third-order valence-electron chi connectivity index (χ3n) is 2.86. The molecule has 0 radical (unpaired) electrons. The van der Waals surface area contributed by atoms with E-state index in [2.05, 4.69) is 15.3 Å². The van der Waals surface area contributed by atoms with Crippen molar-refractivity contribution in [1.82, 2.24) is 9.97 Å². The Morgan fingerprint density at radius 3 is 2.55 bits per heavy atom. The molecule has 20 heavy (non-hydrogen) atoms. The highest BCUT2D eigenvalue weighted by Crippen LogP contribution is 2.33. The van der Waals surface area contributed by atoms with Crippen LogP contribution >= 0.6 is 0 Å². The zero-order chi connectivity index (χ0) is 14.1. The van der Waals surface area contributed by atoms with Crippen LogP contribution in [0.4, 0.5) is 15.9 Å². The van der Waals surface area contributed by atoms with Gasteiger partial charge < -0.3 is 15.5 Å². The van der Waals surface area contributed by atoms with Crippen molar-refractivity contribution in [3.63, 3.8) is 0 Å². The number of halogens is 1. The summed E-state index contributed by atoms with van der Waals surface area (Å²) in [5.74, 6) is -0.630. The molecule has 0 atom stereocenters. The minimum absolute atomic E-state index is 0.264. The monoisotopic (exact) mass is 271 g/mol. The topological polar surface area (TPSA) is 78.3 Å². The molecule has 0 amide bonds. The highest BCUT2D eigenvalue weighted by atomic mass is 19.1. The Hall–Kier alpha value is -2.89. The Morgan fingerprint density at radius 1 is 1.00 bits per heavy atom. The number of aromatic nitrogens is 2. The maximum absolute atomic E-state index is 13.6. The number of aromatic hydroxyl groups is 2. The number of benzene rings is 2. The van der Waals surface area contributed by atoms with E-state index in [9.17, 15) is 14.6 Å². The van der Waals surface area contributed by atoms with E-state index in [-0.39, 0.29) is 17.2 Å². The lowest BCUT2D eigenvalue weighted by atomic mass is 10.2. The summed E-state index contributed by atoms with van der Waals surface area (Å²) in [4.78, 5) is 8.02. The number of fused-ring (bicyclic) bond motifs is 1. The SMILES string of the molecule is Oc1cc2ncnc(Nc3ccccc3F)c2cc1O. The van der Waals surface area contributed by atoms with E-state index in [0.717, 1.165) is 0 Å². The van der Waals surface area contributed by atoms with Gasteiger partial charge in [-0.05, 0) is 18.2 Å². The van der Waals surface area contributed by atoms with E-state index < -0.39 is 5.82 Å². The number of phenols is 2. The Morgan fingerprint density at radius 2 is 1.75 bits per heavy atom. The second-order valence-corrected chi connectivity index (χ2v) is 4.19. The molecule has 1 heterocycles. The Kier molecular flexibility index (Phi) is 2.83. The molecule has 1 aromatic heterocycles. The van der Waals surface area contributed by atoms with Gasteiger partial charge in [0.05, 0.1) is 11.2 Å². The van der Waals surface area contributed by atoms with Crippen LogP contribution < -0.4 is 5.32 Å². The van der Waals surface area contributed by atoms with Crippen LogP contribution in [0.25, 0.3) is 10.9 Å². The molecule has 3 N–H and O–H groups in total. The summed E-state index contributed by atoms with van der Waals surface area (Å²) < 4.78 is 13.6. The number of anilines is 2. The lowest BCUT2D eigenvalue weighted by Gasteiger charge is -2.09. The summed E-state index contributed by atoms with van der Waals surface area (Å²) in [5, 5.41) is 22.3. The van der Waals surface area contributed by atoms with Gasteiger partial charge in [-0.2, -0.15) is 0 Å². The van der Waals surface area contributed by atoms with E-state index in [1.807, 2.05) is 0 Å². The van der Waals surface area contributed by atoms with Crippen LogP contribution in [0, 0.1) is 5.82 Å². The van der Waals surface area contributed by atoms with Gasteiger partial charge in [-0.25, -0.2) is 14.4 Å². The van der Waals surface area contributed by atoms with Crippen molar-refractivity contribution >= 4 is 22.4 Å². The molecule has 0 fully saturated rings. The van der Waals surface area contributed by atoms with Gasteiger partial charge in [0, 0.05) is 11.5 Å². The van der Waals surface area contributed by atoms with E-state index in [1.54, 1.807) is 18.2 Å². The first-order valence-electron chi connectivity index (χ1n) is 5.83. The maximum atomic E-state index is 13.6. The lowest BCUT2D eigenvalue weighted by molar-refractivity contribution is 0.405. The fraction of sp³-hybridized carbons (Fsp3) is 0. The van der Waals surface area contributed by atoms with Crippen molar-refractivity contribution < 1.29 is 14.6 Å². The average molecular weight is 271 g/mol. The summed E-state index contributed by atoms with van der Waals surface area (Å²) in [5.41, 5.74) is 0.703. The van der Waals surface area contributed by atoms with Crippen molar-refractivity contribution in [2.45, 2.75) is 0 Å². The summed E-state index contributed by atoms with van der Waals surface area (Å²) in [6.45, 7) is 0. The number of nitrogens with one attached hydrogen (secondary N) is 1. The fourth-order valence-electron chi connectivity index (χ4n) is 1.87. The van der Waals surface area contributed by atoms with Crippen LogP contribution in [-0.2, 0) is 0 Å². The predicted octanol–water partition coefficient (Wildman–Crippen LogP) is 2.92. The smallest absolute Gasteiger partial charge is 0.159 e. The molecule has 2 aromatic carbocycles. The Bertz CT molecular complexity index is 792. The van der Waals surface area contributed by atoms with Gasteiger partial charge in [-0.15, -0.1) is 0 Å². The third kappa shape index (κ3) is 2.07. The molecule has 0 saturated carbocycles. The summed E-state index contributed by atoms with van der Waals surface area (Å²) in [6.07, 6.45) is 1.29. The van der Waals surface area contributed by atoms with Gasteiger partial charge in [0.15, 0.2) is 11.5 Å². The third-order valence-corrected chi connectivity index (χ3v) is 2.86. The van der Waals surface area contributed by atoms with Gasteiger partial charge in [0.25, 0.3) is 0 Å². The van der Waals surface area contributed by atoms with E-state index in [4.69, 9.17) is 0 Å². The number of nitrogens with zero attached hydrogens (tertiary/aromatic N) is 2. The van der Waals surface area contributed by atoms with Crippen molar-refractivity contribution in [3.05, 3.63) is 48.5 Å². The largest absolute Gasteiger partial charge is 0.504 e. The van der Waals surface area contributed by atoms with Crippen LogP contribution in [0.1, 0.15) is 0 Å². The first kappa shape index (κ1) is 12.2. The van der Waals surface area contributed by atoms with Crippen LogP contribution in [0.5, 0.6) is 11.5 Å². The van der Waals surface area contributed by atoms with Gasteiger partial charge in [0.2, 0.25) is 0 Å². The van der Waals surface area contributed by atoms with Crippen LogP contribution in [0.2, 0.25) is 0 Å². The molecular formula is C14H10FN3O2. The molecule has 6 heteroatoms.